The van der Waals surface area contributed by atoms with Gasteiger partial charge in [-0.25, -0.2) is 4.79 Å². The lowest BCUT2D eigenvalue weighted by molar-refractivity contribution is 0.648. The molecular formula is C21H18ClN7O2. The molecule has 0 saturated carbocycles. The van der Waals surface area contributed by atoms with Gasteiger partial charge in [-0.3, -0.25) is 18.9 Å². The fraction of sp³-hybridized carbons (Fsp3) is 0.143. The van der Waals surface area contributed by atoms with E-state index in [1.807, 2.05) is 18.2 Å². The molecular weight excluding hydrogens is 418 g/mol. The number of pyridine rings is 1. The minimum atomic E-state index is -0.442. The van der Waals surface area contributed by atoms with Crippen molar-refractivity contribution in [2.45, 2.75) is 6.54 Å². The molecule has 31 heavy (non-hydrogen) atoms. The Morgan fingerprint density at radius 1 is 1.06 bits per heavy atom. The average molecular weight is 436 g/mol. The zero-order valence-electron chi connectivity index (χ0n) is 16.8. The molecule has 0 fully saturated rings. The van der Waals surface area contributed by atoms with Crippen LogP contribution < -0.4 is 16.6 Å². The van der Waals surface area contributed by atoms with E-state index in [-0.39, 0.29) is 6.54 Å². The van der Waals surface area contributed by atoms with Crippen molar-refractivity contribution in [3.8, 4) is 0 Å². The van der Waals surface area contributed by atoms with Gasteiger partial charge in [0.2, 0.25) is 5.95 Å². The smallest absolute Gasteiger partial charge is 0.332 e. The van der Waals surface area contributed by atoms with Crippen LogP contribution in [0.4, 0.5) is 11.6 Å². The number of nitrogens with zero attached hydrogens (tertiary/aromatic N) is 5. The molecule has 0 unspecified atom stereocenters. The van der Waals surface area contributed by atoms with Gasteiger partial charge in [0, 0.05) is 48.4 Å². The fourth-order valence-corrected chi connectivity index (χ4v) is 3.85. The predicted molar refractivity (Wildman–Crippen MR) is 120 cm³/mol. The summed E-state index contributed by atoms with van der Waals surface area (Å²) in [6.07, 6.45) is 3.31. The minimum absolute atomic E-state index is 0.103. The van der Waals surface area contributed by atoms with Crippen molar-refractivity contribution in [3.05, 3.63) is 80.3 Å². The number of hydrogen-bond acceptors (Lipinski definition) is 5. The van der Waals surface area contributed by atoms with E-state index in [9.17, 15) is 9.59 Å². The first-order valence-corrected chi connectivity index (χ1v) is 9.90. The summed E-state index contributed by atoms with van der Waals surface area (Å²) >= 11 is 6.05. The lowest BCUT2D eigenvalue weighted by Gasteiger charge is -2.08. The van der Waals surface area contributed by atoms with Gasteiger partial charge in [-0.2, -0.15) is 4.98 Å². The Morgan fingerprint density at radius 3 is 2.61 bits per heavy atom. The number of benzene rings is 1. The van der Waals surface area contributed by atoms with Crippen LogP contribution in [0.3, 0.4) is 0 Å². The summed E-state index contributed by atoms with van der Waals surface area (Å²) in [5.74, 6) is 0.450. The Balaban J connectivity index is 1.62. The highest BCUT2D eigenvalue weighted by Crippen LogP contribution is 2.21. The second-order valence-electron chi connectivity index (χ2n) is 7.29. The number of fused-ring (bicyclic) bond motifs is 2. The molecule has 2 N–H and O–H groups in total. The molecule has 0 aliphatic rings. The Bertz CT molecular complexity index is 1560. The van der Waals surface area contributed by atoms with Crippen LogP contribution in [-0.4, -0.2) is 28.7 Å². The van der Waals surface area contributed by atoms with Crippen LogP contribution in [0.1, 0.15) is 5.69 Å². The molecule has 9 nitrogen and oxygen atoms in total. The van der Waals surface area contributed by atoms with Crippen LogP contribution in [-0.2, 0) is 20.6 Å². The predicted octanol–water partition coefficient (Wildman–Crippen LogP) is 2.76. The average Bonchev–Trinajstić information content (AvgIpc) is 3.30. The van der Waals surface area contributed by atoms with E-state index in [2.05, 4.69) is 20.3 Å². The van der Waals surface area contributed by atoms with Gasteiger partial charge in [0.05, 0.1) is 6.54 Å². The van der Waals surface area contributed by atoms with Crippen LogP contribution in [0, 0.1) is 0 Å². The Kier molecular flexibility index (Phi) is 4.40. The van der Waals surface area contributed by atoms with Crippen molar-refractivity contribution in [1.29, 1.82) is 0 Å². The summed E-state index contributed by atoms with van der Waals surface area (Å²) in [6, 6.07) is 11.0. The van der Waals surface area contributed by atoms with Crippen molar-refractivity contribution in [2.75, 3.05) is 5.32 Å². The van der Waals surface area contributed by atoms with Gasteiger partial charge in [0.1, 0.15) is 0 Å². The molecule has 0 bridgehead atoms. The third kappa shape index (κ3) is 3.19. The zero-order valence-corrected chi connectivity index (χ0v) is 17.5. The van der Waals surface area contributed by atoms with E-state index in [0.29, 0.717) is 22.1 Å². The number of aromatic nitrogens is 6. The van der Waals surface area contributed by atoms with Gasteiger partial charge in [0.25, 0.3) is 5.56 Å². The Morgan fingerprint density at radius 2 is 1.84 bits per heavy atom. The minimum Gasteiger partial charge on any atom is -0.357 e. The number of rotatable bonds is 4. The van der Waals surface area contributed by atoms with Crippen LogP contribution in [0.2, 0.25) is 5.02 Å². The highest BCUT2D eigenvalue weighted by atomic mass is 35.5. The summed E-state index contributed by atoms with van der Waals surface area (Å²) in [6.45, 7) is 0.103. The van der Waals surface area contributed by atoms with Crippen LogP contribution in [0.25, 0.3) is 22.1 Å². The Labute approximate surface area is 180 Å². The summed E-state index contributed by atoms with van der Waals surface area (Å²) in [5, 5.41) is 4.72. The number of imidazole rings is 1. The molecule has 156 valence electrons. The van der Waals surface area contributed by atoms with Gasteiger partial charge in [-0.05, 0) is 35.7 Å². The van der Waals surface area contributed by atoms with Gasteiger partial charge in [-0.15, -0.1) is 0 Å². The third-order valence-corrected chi connectivity index (χ3v) is 5.50. The van der Waals surface area contributed by atoms with Crippen molar-refractivity contribution >= 4 is 45.3 Å². The van der Waals surface area contributed by atoms with E-state index in [1.165, 1.54) is 9.13 Å². The summed E-state index contributed by atoms with van der Waals surface area (Å²) in [4.78, 5) is 37.9. The summed E-state index contributed by atoms with van der Waals surface area (Å²) < 4.78 is 4.24. The van der Waals surface area contributed by atoms with Crippen molar-refractivity contribution in [3.63, 3.8) is 0 Å². The highest BCUT2D eigenvalue weighted by Gasteiger charge is 2.19. The maximum absolute atomic E-state index is 13.3. The quantitative estimate of drug-likeness (QED) is 0.452. The molecule has 4 aromatic heterocycles. The first kappa shape index (κ1) is 19.1. The Hall–Kier alpha value is -3.85. The largest absolute Gasteiger partial charge is 0.357 e. The second-order valence-corrected chi connectivity index (χ2v) is 7.72. The molecule has 0 radical (unpaired) electrons. The van der Waals surface area contributed by atoms with Crippen LogP contribution >= 0.6 is 11.6 Å². The van der Waals surface area contributed by atoms with E-state index in [1.54, 1.807) is 49.3 Å². The van der Waals surface area contributed by atoms with Crippen LogP contribution in [0.5, 0.6) is 0 Å². The summed E-state index contributed by atoms with van der Waals surface area (Å²) in [7, 11) is 3.34. The number of hydrogen-bond donors (Lipinski definition) is 2. The molecule has 0 amide bonds. The molecule has 5 rings (SSSR count). The maximum Gasteiger partial charge on any atom is 0.332 e. The summed E-state index contributed by atoms with van der Waals surface area (Å²) in [5.41, 5.74) is 2.14. The van der Waals surface area contributed by atoms with E-state index in [0.717, 1.165) is 22.3 Å². The molecule has 0 aliphatic heterocycles. The van der Waals surface area contributed by atoms with E-state index >= 15 is 0 Å². The zero-order chi connectivity index (χ0) is 21.7. The normalized spacial score (nSPS) is 11.5. The van der Waals surface area contributed by atoms with Crippen LogP contribution in [0.15, 0.2) is 58.4 Å². The van der Waals surface area contributed by atoms with Gasteiger partial charge in [0.15, 0.2) is 11.2 Å². The molecule has 0 aliphatic carbocycles. The van der Waals surface area contributed by atoms with Gasteiger partial charge < -0.3 is 14.9 Å². The topological polar surface area (TPSA) is 103 Å². The van der Waals surface area contributed by atoms with Crippen molar-refractivity contribution in [2.24, 2.45) is 14.1 Å². The second kappa shape index (κ2) is 7.13. The van der Waals surface area contributed by atoms with Gasteiger partial charge >= 0.3 is 5.69 Å². The first-order chi connectivity index (χ1) is 14.9. The third-order valence-electron chi connectivity index (χ3n) is 5.27. The maximum atomic E-state index is 13.3. The first-order valence-electron chi connectivity index (χ1n) is 9.53. The number of nitrogens with one attached hydrogen (secondary N) is 2. The van der Waals surface area contributed by atoms with Gasteiger partial charge in [-0.1, -0.05) is 17.7 Å². The van der Waals surface area contributed by atoms with E-state index < -0.39 is 11.2 Å². The number of anilines is 2. The molecule has 1 aromatic carbocycles. The molecule has 0 saturated heterocycles. The highest BCUT2D eigenvalue weighted by molar-refractivity contribution is 6.31. The van der Waals surface area contributed by atoms with E-state index in [4.69, 9.17) is 11.6 Å². The lowest BCUT2D eigenvalue weighted by atomic mass is 10.2. The lowest BCUT2D eigenvalue weighted by Crippen LogP contribution is -2.39. The number of aromatic amines is 1. The standard InChI is InChI=1S/C21H18ClN7O2/c1-27-17-18(26-20(27)25-14-5-7-23-8-6-14)28(2)21(31)29(19(17)30)11-15-9-12-3-4-13(22)10-16(12)24-15/h3-10,24H,11H2,1-2H3,(H,23,25,26). The number of halogens is 1. The molecule has 5 aromatic rings. The SMILES string of the molecule is Cn1c(Nc2ccncc2)nc2c1c(=O)n(Cc1cc3ccc(Cl)cc3[nH]1)c(=O)n2C. The van der Waals surface area contributed by atoms with Crippen molar-refractivity contribution < 1.29 is 0 Å². The molecule has 10 heteroatoms. The van der Waals surface area contributed by atoms with Crippen molar-refractivity contribution in [1.82, 2.24) is 28.7 Å². The molecule has 0 spiro atoms. The molecule has 0 atom stereocenters. The monoisotopic (exact) mass is 435 g/mol. The fourth-order valence-electron chi connectivity index (χ4n) is 3.67. The number of aryl methyl sites for hydroxylation is 2. The number of H-pyrrole nitrogens is 1. The molecule has 4 heterocycles.